The number of likely N-dealkylation sites (tertiary alicyclic amines) is 1. The molecule has 1 aliphatic rings. The molecule has 1 aliphatic heterocycles. The number of aryl methyl sites for hydroxylation is 1. The van der Waals surface area contributed by atoms with Gasteiger partial charge in [-0.05, 0) is 51.0 Å². The zero-order valence-electron chi connectivity index (χ0n) is 18.7. The summed E-state index contributed by atoms with van der Waals surface area (Å²) in [7, 11) is 0. The number of unbranched alkanes of at least 4 members (excludes halogenated alkanes) is 1. The van der Waals surface area contributed by atoms with Gasteiger partial charge in [-0.3, -0.25) is 14.9 Å². The summed E-state index contributed by atoms with van der Waals surface area (Å²) in [5.41, 5.74) is 1.01. The van der Waals surface area contributed by atoms with E-state index in [1.807, 2.05) is 30.3 Å². The largest absolute Gasteiger partial charge is 0.480 e. The molecule has 11 heteroatoms. The Hall–Kier alpha value is -3.21. The molecule has 2 rings (SSSR count). The number of carboxylic acid groups (broad SMARTS) is 1. The number of rotatable bonds is 14. The van der Waals surface area contributed by atoms with Gasteiger partial charge in [0.1, 0.15) is 12.1 Å². The van der Waals surface area contributed by atoms with Crippen LogP contribution >= 0.6 is 0 Å². The third-order valence-corrected chi connectivity index (χ3v) is 5.47. The molecule has 0 bridgehead atoms. The van der Waals surface area contributed by atoms with Crippen LogP contribution < -0.4 is 5.32 Å². The molecule has 33 heavy (non-hydrogen) atoms. The fraction of sp³-hybridized carbons (Fsp3) is 0.591. The van der Waals surface area contributed by atoms with Gasteiger partial charge in [-0.25, -0.2) is 4.79 Å². The molecule has 1 aromatic rings. The Kier molecular flexibility index (Phi) is 10.5. The molecule has 1 saturated heterocycles. The molecule has 0 radical (unpaired) electrons. The van der Waals surface area contributed by atoms with Gasteiger partial charge < -0.3 is 19.6 Å². The Balaban J connectivity index is 1.83. The van der Waals surface area contributed by atoms with E-state index in [0.717, 1.165) is 5.56 Å². The number of ether oxygens (including phenoxy) is 1. The Labute approximate surface area is 192 Å². The van der Waals surface area contributed by atoms with Crippen LogP contribution in [0.4, 0.5) is 0 Å². The third kappa shape index (κ3) is 8.68. The smallest absolute Gasteiger partial charge is 0.328 e. The molecule has 3 unspecified atom stereocenters. The maximum absolute atomic E-state index is 13.0. The number of hydrogen-bond donors (Lipinski definition) is 2. The van der Waals surface area contributed by atoms with Gasteiger partial charge in [0.25, 0.3) is 5.09 Å². The predicted octanol–water partition coefficient (Wildman–Crippen LogP) is 1.57. The monoisotopic (exact) mass is 465 g/mol. The minimum Gasteiger partial charge on any atom is -0.480 e. The molecule has 0 aliphatic carbocycles. The van der Waals surface area contributed by atoms with Crippen molar-refractivity contribution in [2.24, 2.45) is 0 Å². The zero-order chi connectivity index (χ0) is 24.2. The first-order valence-electron chi connectivity index (χ1n) is 11.1. The van der Waals surface area contributed by atoms with Gasteiger partial charge in [-0.1, -0.05) is 30.3 Å². The van der Waals surface area contributed by atoms with Crippen molar-refractivity contribution in [3.05, 3.63) is 46.0 Å². The molecule has 1 fully saturated rings. The van der Waals surface area contributed by atoms with Gasteiger partial charge in [-0.2, -0.15) is 0 Å². The highest BCUT2D eigenvalue weighted by molar-refractivity contribution is 5.88. The second-order valence-corrected chi connectivity index (χ2v) is 7.92. The first-order chi connectivity index (χ1) is 15.8. The van der Waals surface area contributed by atoms with E-state index < -0.39 is 35.2 Å². The SMILES string of the molecule is CC(NC(CCc1ccccc1)C(=O)O)C(=O)N1CCCC1C(=O)OCCCCO[N+](=O)[O-]. The molecule has 1 amide bonds. The standard InChI is InChI=1S/C22H31N3O8/c1-16(23-18(21(27)28)12-11-17-8-3-2-4-9-17)20(26)24-13-7-10-19(24)22(29)32-14-5-6-15-33-25(30)31/h2-4,8-9,16,18-19,23H,5-7,10-15H2,1H3,(H,27,28). The van der Waals surface area contributed by atoms with Crippen LogP contribution in [0.3, 0.4) is 0 Å². The number of nitrogens with zero attached hydrogens (tertiary/aromatic N) is 2. The maximum atomic E-state index is 13.0. The van der Waals surface area contributed by atoms with Gasteiger partial charge in [-0.15, -0.1) is 10.1 Å². The van der Waals surface area contributed by atoms with Crippen LogP contribution in [0.1, 0.15) is 44.6 Å². The van der Waals surface area contributed by atoms with Gasteiger partial charge >= 0.3 is 11.9 Å². The van der Waals surface area contributed by atoms with E-state index in [2.05, 4.69) is 10.2 Å². The lowest BCUT2D eigenvalue weighted by molar-refractivity contribution is -0.757. The predicted molar refractivity (Wildman–Crippen MR) is 117 cm³/mol. The van der Waals surface area contributed by atoms with Crippen molar-refractivity contribution in [2.45, 2.75) is 63.6 Å². The van der Waals surface area contributed by atoms with Crippen molar-refractivity contribution in [1.82, 2.24) is 10.2 Å². The molecule has 0 aromatic heterocycles. The fourth-order valence-electron chi connectivity index (χ4n) is 3.74. The van der Waals surface area contributed by atoms with Crippen LogP contribution in [0.2, 0.25) is 0 Å². The normalized spacial score (nSPS) is 17.2. The van der Waals surface area contributed by atoms with Crippen LogP contribution in [-0.2, 0) is 30.4 Å². The van der Waals surface area contributed by atoms with Gasteiger partial charge in [0.15, 0.2) is 0 Å². The molecular formula is C22H31N3O8. The highest BCUT2D eigenvalue weighted by Gasteiger charge is 2.37. The second kappa shape index (κ2) is 13.4. The van der Waals surface area contributed by atoms with Crippen molar-refractivity contribution < 1.29 is 34.2 Å². The van der Waals surface area contributed by atoms with Crippen molar-refractivity contribution >= 4 is 17.8 Å². The average Bonchev–Trinajstić information content (AvgIpc) is 3.28. The van der Waals surface area contributed by atoms with E-state index in [1.54, 1.807) is 6.92 Å². The summed E-state index contributed by atoms with van der Waals surface area (Å²) in [5.74, 6) is -1.91. The second-order valence-electron chi connectivity index (χ2n) is 7.92. The lowest BCUT2D eigenvalue weighted by Gasteiger charge is -2.28. The minimum atomic E-state index is -1.04. The number of carbonyl (C=O) groups excluding carboxylic acids is 2. The number of amides is 1. The highest BCUT2D eigenvalue weighted by atomic mass is 16.9. The van der Waals surface area contributed by atoms with Crippen LogP contribution in [0, 0.1) is 10.1 Å². The lowest BCUT2D eigenvalue weighted by atomic mass is 10.0. The number of benzene rings is 1. The Morgan fingerprint density at radius 3 is 2.61 bits per heavy atom. The fourth-order valence-corrected chi connectivity index (χ4v) is 3.74. The summed E-state index contributed by atoms with van der Waals surface area (Å²) < 4.78 is 5.23. The zero-order valence-corrected chi connectivity index (χ0v) is 18.7. The van der Waals surface area contributed by atoms with Crippen molar-refractivity contribution in [2.75, 3.05) is 19.8 Å². The number of aliphatic carboxylic acids is 1. The average molecular weight is 466 g/mol. The summed E-state index contributed by atoms with van der Waals surface area (Å²) in [6.07, 6.45) is 2.76. The van der Waals surface area contributed by atoms with Crippen molar-refractivity contribution in [3.8, 4) is 0 Å². The highest BCUT2D eigenvalue weighted by Crippen LogP contribution is 2.20. The molecule has 0 spiro atoms. The van der Waals surface area contributed by atoms with E-state index in [9.17, 15) is 29.6 Å². The molecule has 1 aromatic carbocycles. The van der Waals surface area contributed by atoms with E-state index in [-0.39, 0.29) is 19.1 Å². The lowest BCUT2D eigenvalue weighted by Crippen LogP contribution is -2.53. The number of carboxylic acids is 1. The summed E-state index contributed by atoms with van der Waals surface area (Å²) in [6, 6.07) is 7.10. The van der Waals surface area contributed by atoms with Crippen LogP contribution in [-0.4, -0.2) is 70.8 Å². The van der Waals surface area contributed by atoms with Crippen LogP contribution in [0.5, 0.6) is 0 Å². The van der Waals surface area contributed by atoms with E-state index >= 15 is 0 Å². The van der Waals surface area contributed by atoms with Gasteiger partial charge in [0.05, 0.1) is 19.3 Å². The molecule has 11 nitrogen and oxygen atoms in total. The summed E-state index contributed by atoms with van der Waals surface area (Å²) in [4.78, 5) is 52.8. The molecule has 2 N–H and O–H groups in total. The summed E-state index contributed by atoms with van der Waals surface area (Å²) >= 11 is 0. The summed E-state index contributed by atoms with van der Waals surface area (Å²) in [5, 5.41) is 21.7. The number of nitrogens with one attached hydrogen (secondary N) is 1. The topological polar surface area (TPSA) is 148 Å². The number of hydrogen-bond acceptors (Lipinski definition) is 8. The molecule has 1 heterocycles. The van der Waals surface area contributed by atoms with E-state index in [4.69, 9.17) is 4.74 Å². The number of esters is 1. The Morgan fingerprint density at radius 1 is 1.24 bits per heavy atom. The minimum absolute atomic E-state index is 0.0726. The van der Waals surface area contributed by atoms with Gasteiger partial charge in [0.2, 0.25) is 5.91 Å². The molecule has 182 valence electrons. The first kappa shape index (κ1) is 26.0. The van der Waals surface area contributed by atoms with Crippen LogP contribution in [0.25, 0.3) is 0 Å². The first-order valence-corrected chi connectivity index (χ1v) is 11.1. The molecule has 0 saturated carbocycles. The van der Waals surface area contributed by atoms with Crippen LogP contribution in [0.15, 0.2) is 30.3 Å². The van der Waals surface area contributed by atoms with E-state index in [0.29, 0.717) is 45.1 Å². The maximum Gasteiger partial charge on any atom is 0.328 e. The Bertz CT molecular complexity index is 804. The van der Waals surface area contributed by atoms with Crippen molar-refractivity contribution in [1.29, 1.82) is 0 Å². The van der Waals surface area contributed by atoms with Crippen molar-refractivity contribution in [3.63, 3.8) is 0 Å². The molecular weight excluding hydrogens is 434 g/mol. The molecule has 3 atom stereocenters. The quantitative estimate of drug-likeness (QED) is 0.181. The third-order valence-electron chi connectivity index (χ3n) is 5.47. The number of carbonyl (C=O) groups is 3. The Morgan fingerprint density at radius 2 is 1.94 bits per heavy atom. The van der Waals surface area contributed by atoms with E-state index in [1.165, 1.54) is 4.90 Å². The van der Waals surface area contributed by atoms with Gasteiger partial charge in [0, 0.05) is 6.54 Å². The summed E-state index contributed by atoms with van der Waals surface area (Å²) in [6.45, 7) is 1.99.